The van der Waals surface area contributed by atoms with Crippen molar-refractivity contribution >= 4 is 40.0 Å². The van der Waals surface area contributed by atoms with Crippen LogP contribution in [0.5, 0.6) is 0 Å². The third-order valence-corrected chi connectivity index (χ3v) is 10.3. The number of carbonyl (C=O) groups excluding carboxylic acids is 1. The van der Waals surface area contributed by atoms with Gasteiger partial charge in [0.15, 0.2) is 0 Å². The first-order valence-electron chi connectivity index (χ1n) is 16.6. The monoisotopic (exact) mass is 632 g/mol. The SMILES string of the molecule is CCCCCCCCCCCCCCCCCCOC(=O)CCc1cc(C(C)(C)C)c([PH](O)(Cl)Cl)c(C(C)(C)C)c1. The maximum absolute atomic E-state index is 12.5. The molecule has 0 radical (unpaired) electrons. The summed E-state index contributed by atoms with van der Waals surface area (Å²) < 4.78 is 5.54. The number of rotatable bonds is 21. The second-order valence-corrected chi connectivity index (χ2v) is 19.6. The van der Waals surface area contributed by atoms with Crippen LogP contribution in [-0.4, -0.2) is 17.5 Å². The molecule has 0 bridgehead atoms. The van der Waals surface area contributed by atoms with Crippen molar-refractivity contribution in [2.75, 3.05) is 6.61 Å². The van der Waals surface area contributed by atoms with Crippen molar-refractivity contribution in [1.82, 2.24) is 0 Å². The molecule has 6 heteroatoms. The molecule has 1 aromatic carbocycles. The van der Waals surface area contributed by atoms with E-state index in [2.05, 4.69) is 60.6 Å². The molecular formula is C35H63Cl2O3P. The van der Waals surface area contributed by atoms with E-state index in [1.807, 2.05) is 0 Å². The molecule has 1 aromatic rings. The summed E-state index contributed by atoms with van der Waals surface area (Å²) in [6, 6.07) is 4.13. The number of halogens is 2. The van der Waals surface area contributed by atoms with Gasteiger partial charge in [-0.25, -0.2) is 0 Å². The Morgan fingerprint density at radius 1 is 0.707 bits per heavy atom. The van der Waals surface area contributed by atoms with Gasteiger partial charge in [-0.05, 0) is 0 Å². The minimum atomic E-state index is -3.61. The van der Waals surface area contributed by atoms with E-state index in [-0.39, 0.29) is 16.8 Å². The number of unbranched alkanes of at least 4 members (excludes halogenated alkanes) is 15. The molecule has 0 fully saturated rings. The van der Waals surface area contributed by atoms with Crippen LogP contribution in [0.2, 0.25) is 0 Å². The topological polar surface area (TPSA) is 46.5 Å². The fraction of sp³-hybridized carbons (Fsp3) is 0.800. The number of ether oxygens (including phenoxy) is 1. The summed E-state index contributed by atoms with van der Waals surface area (Å²) in [6.07, 6.45) is 18.6. The van der Waals surface area contributed by atoms with E-state index in [1.165, 1.54) is 89.9 Å². The first kappa shape index (κ1) is 38.7. The summed E-state index contributed by atoms with van der Waals surface area (Å²) >= 11 is 12.8. The molecule has 1 N–H and O–H groups in total. The molecule has 0 aliphatic heterocycles. The van der Waals surface area contributed by atoms with Gasteiger partial charge in [-0.1, -0.05) is 90.4 Å². The molecule has 0 heterocycles. The maximum atomic E-state index is 12.5. The molecular weight excluding hydrogens is 570 g/mol. The minimum absolute atomic E-state index is 0.148. The van der Waals surface area contributed by atoms with Crippen LogP contribution in [0.4, 0.5) is 0 Å². The van der Waals surface area contributed by atoms with E-state index in [9.17, 15) is 9.69 Å². The quantitative estimate of drug-likeness (QED) is 0.0832. The second-order valence-electron chi connectivity index (χ2n) is 14.1. The van der Waals surface area contributed by atoms with Crippen LogP contribution in [0.15, 0.2) is 12.1 Å². The Morgan fingerprint density at radius 3 is 1.41 bits per heavy atom. The summed E-state index contributed by atoms with van der Waals surface area (Å²) in [7, 11) is 0. The van der Waals surface area contributed by atoms with Crippen LogP contribution >= 0.6 is 28.7 Å². The normalized spacial score (nSPS) is 13.0. The molecule has 0 saturated carbocycles. The van der Waals surface area contributed by atoms with E-state index in [1.54, 1.807) is 0 Å². The number of aryl methyl sites for hydroxylation is 1. The Kier molecular flexibility index (Phi) is 18.7. The van der Waals surface area contributed by atoms with E-state index in [0.717, 1.165) is 29.5 Å². The fourth-order valence-electron chi connectivity index (χ4n) is 5.51. The third kappa shape index (κ3) is 16.9. The molecule has 0 aromatic heterocycles. The number of esters is 1. The van der Waals surface area contributed by atoms with Gasteiger partial charge in [0.1, 0.15) is 0 Å². The second kappa shape index (κ2) is 19.8. The van der Waals surface area contributed by atoms with Crippen LogP contribution < -0.4 is 5.30 Å². The van der Waals surface area contributed by atoms with Gasteiger partial charge in [0.2, 0.25) is 0 Å². The Hall–Kier alpha value is -0.340. The Labute approximate surface area is 263 Å². The zero-order valence-corrected chi connectivity index (χ0v) is 30.1. The van der Waals surface area contributed by atoms with Crippen molar-refractivity contribution in [3.8, 4) is 0 Å². The van der Waals surface area contributed by atoms with Crippen molar-refractivity contribution < 1.29 is 14.4 Å². The predicted octanol–water partition coefficient (Wildman–Crippen LogP) is 11.6. The molecule has 0 aliphatic rings. The van der Waals surface area contributed by atoms with Gasteiger partial charge in [0.25, 0.3) is 0 Å². The van der Waals surface area contributed by atoms with Crippen LogP contribution in [0, 0.1) is 0 Å². The number of hydrogen-bond acceptors (Lipinski definition) is 3. The molecule has 0 spiro atoms. The summed E-state index contributed by atoms with van der Waals surface area (Å²) in [5.41, 5.74) is 2.48. The van der Waals surface area contributed by atoms with Crippen LogP contribution in [0.3, 0.4) is 0 Å². The molecule has 0 unspecified atom stereocenters. The van der Waals surface area contributed by atoms with Gasteiger partial charge in [0.05, 0.1) is 0 Å². The van der Waals surface area contributed by atoms with Crippen molar-refractivity contribution in [3.63, 3.8) is 0 Å². The van der Waals surface area contributed by atoms with E-state index < -0.39 is 6.19 Å². The van der Waals surface area contributed by atoms with E-state index in [4.69, 9.17) is 27.2 Å². The van der Waals surface area contributed by atoms with Crippen molar-refractivity contribution in [1.29, 1.82) is 0 Å². The third-order valence-electron chi connectivity index (χ3n) is 7.99. The van der Waals surface area contributed by atoms with Gasteiger partial charge >= 0.3 is 174 Å². The van der Waals surface area contributed by atoms with Crippen molar-refractivity contribution in [2.24, 2.45) is 0 Å². The molecule has 0 atom stereocenters. The van der Waals surface area contributed by atoms with Gasteiger partial charge in [-0.15, -0.1) is 0 Å². The first-order valence-corrected chi connectivity index (χ1v) is 20.6. The Morgan fingerprint density at radius 2 is 1.07 bits per heavy atom. The number of benzene rings is 1. The van der Waals surface area contributed by atoms with Crippen LogP contribution in [0.25, 0.3) is 0 Å². The molecule has 41 heavy (non-hydrogen) atoms. The number of carbonyl (C=O) groups is 1. The molecule has 0 aliphatic carbocycles. The predicted molar refractivity (Wildman–Crippen MR) is 185 cm³/mol. The fourth-order valence-corrected chi connectivity index (χ4v) is 8.27. The molecule has 0 saturated heterocycles. The summed E-state index contributed by atoms with van der Waals surface area (Å²) in [4.78, 5) is 23.2. The van der Waals surface area contributed by atoms with E-state index in [0.29, 0.717) is 24.8 Å². The number of hydrogen-bond donors (Lipinski definition) is 1. The molecule has 0 amide bonds. The van der Waals surface area contributed by atoms with Crippen LogP contribution in [-0.2, 0) is 26.8 Å². The first-order chi connectivity index (χ1) is 19.2. The molecule has 1 rings (SSSR count). The van der Waals surface area contributed by atoms with Gasteiger partial charge in [-0.2, -0.15) is 0 Å². The van der Waals surface area contributed by atoms with Crippen LogP contribution in [0.1, 0.15) is 174 Å². The standard InChI is InChI=1S/C35H63Cl2O3P/c1-8-9-10-11-12-13-14-15-16-17-18-19-20-21-22-23-26-40-32(38)25-24-29-27-30(34(2,3)4)33(41(36,37)39)31(28-29)35(5,6)7/h27-28,39,41H,8-26H2,1-7H3. The van der Waals surface area contributed by atoms with Crippen molar-refractivity contribution in [3.05, 3.63) is 28.8 Å². The zero-order valence-electron chi connectivity index (χ0n) is 27.6. The van der Waals surface area contributed by atoms with Gasteiger partial charge in [0, 0.05) is 0 Å². The molecule has 240 valence electrons. The summed E-state index contributed by atoms with van der Waals surface area (Å²) in [5, 5.41) is 0.690. The Bertz CT molecular complexity index is 831. The zero-order chi connectivity index (χ0) is 30.9. The average Bonchev–Trinajstić information content (AvgIpc) is 2.87. The average molecular weight is 634 g/mol. The van der Waals surface area contributed by atoms with Gasteiger partial charge in [-0.3, -0.25) is 0 Å². The van der Waals surface area contributed by atoms with E-state index >= 15 is 0 Å². The molecule has 3 nitrogen and oxygen atoms in total. The Balaban J connectivity index is 2.29. The van der Waals surface area contributed by atoms with Gasteiger partial charge < -0.3 is 0 Å². The summed E-state index contributed by atoms with van der Waals surface area (Å²) in [6.45, 7) is 15.4. The van der Waals surface area contributed by atoms with Crippen molar-refractivity contribution in [2.45, 2.75) is 175 Å². The summed E-state index contributed by atoms with van der Waals surface area (Å²) in [5.74, 6) is -0.148.